The van der Waals surface area contributed by atoms with E-state index >= 15 is 0 Å². The molecule has 3 heterocycles. The number of hydrogen-bond acceptors (Lipinski definition) is 7. The van der Waals surface area contributed by atoms with Crippen LogP contribution >= 0.6 is 0 Å². The first-order valence-electron chi connectivity index (χ1n) is 7.89. The van der Waals surface area contributed by atoms with Crippen LogP contribution in [0.5, 0.6) is 0 Å². The summed E-state index contributed by atoms with van der Waals surface area (Å²) in [6.07, 6.45) is 0. The van der Waals surface area contributed by atoms with Gasteiger partial charge in [-0.25, -0.2) is 4.79 Å². The molecule has 2 saturated heterocycles. The van der Waals surface area contributed by atoms with E-state index in [4.69, 9.17) is 4.52 Å². The number of carbonyl (C=O) groups is 2. The lowest BCUT2D eigenvalue weighted by Crippen LogP contribution is -2.50. The Kier molecular flexibility index (Phi) is 4.58. The molecule has 0 aliphatic carbocycles. The Balaban J connectivity index is 1.48. The number of piperazine rings is 1. The van der Waals surface area contributed by atoms with Crippen molar-refractivity contribution in [3.8, 4) is 0 Å². The van der Waals surface area contributed by atoms with Crippen molar-refractivity contribution < 1.29 is 14.1 Å². The molecule has 1 N–H and O–H groups in total. The summed E-state index contributed by atoms with van der Waals surface area (Å²) in [5.41, 5.74) is 0. The van der Waals surface area contributed by atoms with Crippen LogP contribution < -0.4 is 5.32 Å². The molecule has 2 aliphatic heterocycles. The smallest absolute Gasteiger partial charge is 0.324 e. The fourth-order valence-electron chi connectivity index (χ4n) is 2.93. The molecular formula is C14H22N6O3. The van der Waals surface area contributed by atoms with E-state index in [1.165, 1.54) is 4.90 Å². The predicted molar refractivity (Wildman–Crippen MR) is 80.6 cm³/mol. The molecular weight excluding hydrogens is 300 g/mol. The van der Waals surface area contributed by atoms with Gasteiger partial charge < -0.3 is 9.84 Å². The zero-order valence-electron chi connectivity index (χ0n) is 13.5. The Morgan fingerprint density at radius 2 is 2.04 bits per heavy atom. The van der Waals surface area contributed by atoms with Gasteiger partial charge in [-0.05, 0) is 13.8 Å². The third kappa shape index (κ3) is 3.50. The van der Waals surface area contributed by atoms with Gasteiger partial charge in [0.2, 0.25) is 11.8 Å². The third-order valence-electron chi connectivity index (χ3n) is 4.37. The molecule has 0 spiro atoms. The summed E-state index contributed by atoms with van der Waals surface area (Å²) < 4.78 is 5.23. The molecule has 23 heavy (non-hydrogen) atoms. The van der Waals surface area contributed by atoms with Crippen molar-refractivity contribution >= 4 is 11.9 Å². The number of aromatic nitrogens is 2. The van der Waals surface area contributed by atoms with Crippen LogP contribution in [0.4, 0.5) is 4.79 Å². The number of rotatable bonds is 4. The van der Waals surface area contributed by atoms with Crippen LogP contribution in [0.2, 0.25) is 0 Å². The number of imide groups is 1. The molecule has 9 heteroatoms. The summed E-state index contributed by atoms with van der Waals surface area (Å²) in [4.78, 5) is 33.5. The minimum atomic E-state index is -0.283. The monoisotopic (exact) mass is 322 g/mol. The van der Waals surface area contributed by atoms with Crippen molar-refractivity contribution in [1.82, 2.24) is 30.2 Å². The molecule has 126 valence electrons. The number of nitrogens with zero attached hydrogens (tertiary/aromatic N) is 5. The summed E-state index contributed by atoms with van der Waals surface area (Å²) in [6, 6.07) is -0.215. The molecule has 2 aliphatic rings. The van der Waals surface area contributed by atoms with Gasteiger partial charge in [-0.1, -0.05) is 5.16 Å². The molecule has 9 nitrogen and oxygen atoms in total. The molecule has 0 radical (unpaired) electrons. The Labute approximate surface area is 134 Å². The Hall–Kier alpha value is -2.00. The van der Waals surface area contributed by atoms with Crippen molar-refractivity contribution in [2.75, 3.05) is 45.8 Å². The quantitative estimate of drug-likeness (QED) is 0.806. The molecule has 3 rings (SSSR count). The van der Waals surface area contributed by atoms with E-state index in [0.29, 0.717) is 24.8 Å². The summed E-state index contributed by atoms with van der Waals surface area (Å²) in [7, 11) is 0. The molecule has 1 atom stereocenters. The third-order valence-corrected chi connectivity index (χ3v) is 4.37. The van der Waals surface area contributed by atoms with Crippen molar-refractivity contribution in [2.24, 2.45) is 0 Å². The van der Waals surface area contributed by atoms with E-state index in [0.717, 1.165) is 26.2 Å². The minimum Gasteiger partial charge on any atom is -0.338 e. The van der Waals surface area contributed by atoms with Crippen LogP contribution in [0.25, 0.3) is 0 Å². The molecule has 1 unspecified atom stereocenters. The molecule has 0 bridgehead atoms. The fourth-order valence-corrected chi connectivity index (χ4v) is 2.93. The SMILES string of the molecule is Cc1noc(C(C)N2CCN(CC(=O)N3CCNC3=O)CC2)n1. The molecule has 0 aromatic carbocycles. The first-order chi connectivity index (χ1) is 11.0. The van der Waals surface area contributed by atoms with E-state index in [2.05, 4.69) is 25.3 Å². The molecule has 1 aromatic rings. The number of nitrogens with one attached hydrogen (secondary N) is 1. The van der Waals surface area contributed by atoms with Crippen molar-refractivity contribution in [2.45, 2.75) is 19.9 Å². The molecule has 2 fully saturated rings. The maximum Gasteiger partial charge on any atom is 0.324 e. The fraction of sp³-hybridized carbons (Fsp3) is 0.714. The van der Waals surface area contributed by atoms with Crippen LogP contribution in [0.15, 0.2) is 4.52 Å². The highest BCUT2D eigenvalue weighted by atomic mass is 16.5. The minimum absolute atomic E-state index is 0.0680. The number of aryl methyl sites for hydroxylation is 1. The Bertz CT molecular complexity index is 581. The van der Waals surface area contributed by atoms with Gasteiger partial charge >= 0.3 is 6.03 Å². The highest BCUT2D eigenvalue weighted by molar-refractivity contribution is 5.96. The maximum atomic E-state index is 12.1. The standard InChI is InChI=1S/C14H22N6O3/c1-10(13-16-11(2)17-23-13)19-7-5-18(6-8-19)9-12(21)20-4-3-15-14(20)22/h10H,3-9H2,1-2H3,(H,15,22). The lowest BCUT2D eigenvalue weighted by molar-refractivity contribution is -0.129. The van der Waals surface area contributed by atoms with Crippen LogP contribution in [0, 0.1) is 6.92 Å². The van der Waals surface area contributed by atoms with Gasteiger partial charge in [0.1, 0.15) is 0 Å². The van der Waals surface area contributed by atoms with Gasteiger partial charge in [0, 0.05) is 39.3 Å². The highest BCUT2D eigenvalue weighted by Crippen LogP contribution is 2.20. The van der Waals surface area contributed by atoms with Crippen LogP contribution in [0.1, 0.15) is 24.7 Å². The Morgan fingerprint density at radius 1 is 1.30 bits per heavy atom. The van der Waals surface area contributed by atoms with Crippen LogP contribution in [-0.2, 0) is 4.79 Å². The van der Waals surface area contributed by atoms with Gasteiger partial charge in [-0.3, -0.25) is 19.5 Å². The summed E-state index contributed by atoms with van der Waals surface area (Å²) in [6.45, 7) is 8.33. The average molecular weight is 322 g/mol. The normalized spacial score (nSPS) is 21.5. The van der Waals surface area contributed by atoms with Crippen molar-refractivity contribution in [3.63, 3.8) is 0 Å². The molecule has 0 saturated carbocycles. The first-order valence-corrected chi connectivity index (χ1v) is 7.89. The molecule has 1 aromatic heterocycles. The number of hydrogen-bond donors (Lipinski definition) is 1. The lowest BCUT2D eigenvalue weighted by atomic mass is 10.2. The second-order valence-corrected chi connectivity index (χ2v) is 5.95. The first kappa shape index (κ1) is 15.9. The van der Waals surface area contributed by atoms with E-state index in [1.807, 2.05) is 6.92 Å². The van der Waals surface area contributed by atoms with E-state index in [9.17, 15) is 9.59 Å². The highest BCUT2D eigenvalue weighted by Gasteiger charge is 2.30. The van der Waals surface area contributed by atoms with Gasteiger partial charge in [-0.15, -0.1) is 0 Å². The van der Waals surface area contributed by atoms with E-state index < -0.39 is 0 Å². The van der Waals surface area contributed by atoms with Crippen molar-refractivity contribution in [3.05, 3.63) is 11.7 Å². The molecule has 3 amide bonds. The summed E-state index contributed by atoms with van der Waals surface area (Å²) in [5, 5.41) is 6.47. The second-order valence-electron chi connectivity index (χ2n) is 5.95. The lowest BCUT2D eigenvalue weighted by Gasteiger charge is -2.36. The summed E-state index contributed by atoms with van der Waals surface area (Å²) in [5.74, 6) is 1.13. The van der Waals surface area contributed by atoms with Gasteiger partial charge in [-0.2, -0.15) is 4.98 Å². The largest absolute Gasteiger partial charge is 0.338 e. The number of urea groups is 1. The van der Waals surface area contributed by atoms with Gasteiger partial charge in [0.05, 0.1) is 12.6 Å². The number of amides is 3. The summed E-state index contributed by atoms with van der Waals surface area (Å²) >= 11 is 0. The Morgan fingerprint density at radius 3 is 2.61 bits per heavy atom. The number of carbonyl (C=O) groups excluding carboxylic acids is 2. The van der Waals surface area contributed by atoms with Gasteiger partial charge in [0.25, 0.3) is 0 Å². The van der Waals surface area contributed by atoms with Crippen LogP contribution in [-0.4, -0.2) is 82.6 Å². The zero-order valence-corrected chi connectivity index (χ0v) is 13.5. The maximum absolute atomic E-state index is 12.1. The van der Waals surface area contributed by atoms with Gasteiger partial charge in [0.15, 0.2) is 5.82 Å². The van der Waals surface area contributed by atoms with Crippen LogP contribution in [0.3, 0.4) is 0 Å². The zero-order chi connectivity index (χ0) is 16.4. The second kappa shape index (κ2) is 6.63. The van der Waals surface area contributed by atoms with E-state index in [-0.39, 0.29) is 24.5 Å². The van der Waals surface area contributed by atoms with Crippen molar-refractivity contribution in [1.29, 1.82) is 0 Å². The van der Waals surface area contributed by atoms with E-state index in [1.54, 1.807) is 6.92 Å². The average Bonchev–Trinajstić information content (AvgIpc) is 3.16. The topological polar surface area (TPSA) is 94.8 Å². The predicted octanol–water partition coefficient (Wildman–Crippen LogP) is -0.392.